The maximum Gasteiger partial charge on any atom is 0.0478 e. The molecule has 2 rings (SSSR count). The van der Waals surface area contributed by atoms with Gasteiger partial charge in [-0.2, -0.15) is 0 Å². The van der Waals surface area contributed by atoms with Crippen LogP contribution in [0.25, 0.3) is 12.2 Å². The van der Waals surface area contributed by atoms with Crippen LogP contribution >= 0.6 is 0 Å². The van der Waals surface area contributed by atoms with E-state index in [0.29, 0.717) is 0 Å². The SMILES string of the molecule is C=Cc1ccc(CCCOCCCN2CCCCC2)cc1C=C. The van der Waals surface area contributed by atoms with E-state index in [9.17, 15) is 0 Å². The molecule has 2 nitrogen and oxygen atoms in total. The summed E-state index contributed by atoms with van der Waals surface area (Å²) < 4.78 is 5.78. The molecule has 0 aliphatic carbocycles. The predicted octanol–water partition coefficient (Wildman–Crippen LogP) is 4.80. The summed E-state index contributed by atoms with van der Waals surface area (Å²) in [6.07, 6.45) is 11.2. The molecule has 0 bridgehead atoms. The Morgan fingerprint density at radius 2 is 1.70 bits per heavy atom. The van der Waals surface area contributed by atoms with E-state index in [1.54, 1.807) is 0 Å². The Morgan fingerprint density at radius 1 is 0.957 bits per heavy atom. The van der Waals surface area contributed by atoms with Gasteiger partial charge in [0.05, 0.1) is 0 Å². The molecular weight excluding hydrogens is 282 g/mol. The van der Waals surface area contributed by atoms with Crippen LogP contribution in [0.1, 0.15) is 48.8 Å². The molecule has 0 saturated carbocycles. The normalized spacial score (nSPS) is 15.5. The van der Waals surface area contributed by atoms with E-state index in [4.69, 9.17) is 4.74 Å². The van der Waals surface area contributed by atoms with E-state index in [-0.39, 0.29) is 0 Å². The van der Waals surface area contributed by atoms with Crippen LogP contribution in [0.5, 0.6) is 0 Å². The number of ether oxygens (including phenoxy) is 1. The Morgan fingerprint density at radius 3 is 2.43 bits per heavy atom. The van der Waals surface area contributed by atoms with Gasteiger partial charge in [-0.25, -0.2) is 0 Å². The molecule has 1 aliphatic heterocycles. The summed E-state index contributed by atoms with van der Waals surface area (Å²) in [6.45, 7) is 13.2. The average molecular weight is 313 g/mol. The topological polar surface area (TPSA) is 12.5 Å². The number of hydrogen-bond donors (Lipinski definition) is 0. The number of hydrogen-bond acceptors (Lipinski definition) is 2. The lowest BCUT2D eigenvalue weighted by atomic mass is 10.0. The van der Waals surface area contributed by atoms with Crippen molar-refractivity contribution in [2.75, 3.05) is 32.8 Å². The number of aryl methyl sites for hydroxylation is 1. The second kappa shape index (κ2) is 10.4. The predicted molar refractivity (Wildman–Crippen MR) is 101 cm³/mol. The van der Waals surface area contributed by atoms with Crippen LogP contribution in [0.4, 0.5) is 0 Å². The number of likely N-dealkylation sites (tertiary alicyclic amines) is 1. The van der Waals surface area contributed by atoms with Gasteiger partial charge in [-0.3, -0.25) is 0 Å². The van der Waals surface area contributed by atoms with Crippen molar-refractivity contribution < 1.29 is 4.74 Å². The first-order chi connectivity index (χ1) is 11.3. The van der Waals surface area contributed by atoms with Crippen molar-refractivity contribution >= 4 is 12.2 Å². The van der Waals surface area contributed by atoms with Crippen LogP contribution < -0.4 is 0 Å². The summed E-state index contributed by atoms with van der Waals surface area (Å²) in [4.78, 5) is 2.57. The van der Waals surface area contributed by atoms with Gasteiger partial charge in [-0.05, 0) is 61.9 Å². The lowest BCUT2D eigenvalue weighted by Crippen LogP contribution is -2.31. The van der Waals surface area contributed by atoms with Gasteiger partial charge in [0.15, 0.2) is 0 Å². The van der Waals surface area contributed by atoms with Crippen LogP contribution in [-0.4, -0.2) is 37.7 Å². The fourth-order valence-electron chi connectivity index (χ4n) is 3.20. The molecule has 1 aliphatic rings. The Bertz CT molecular complexity index is 489. The monoisotopic (exact) mass is 313 g/mol. The second-order valence-corrected chi connectivity index (χ2v) is 6.34. The maximum absolute atomic E-state index is 5.78. The van der Waals surface area contributed by atoms with Gasteiger partial charge >= 0.3 is 0 Å². The molecule has 0 unspecified atom stereocenters. The minimum Gasteiger partial charge on any atom is -0.381 e. The fourth-order valence-corrected chi connectivity index (χ4v) is 3.20. The maximum atomic E-state index is 5.78. The van der Waals surface area contributed by atoms with Crippen molar-refractivity contribution in [1.82, 2.24) is 4.90 Å². The van der Waals surface area contributed by atoms with Gasteiger partial charge in [-0.1, -0.05) is 49.9 Å². The molecule has 0 atom stereocenters. The quantitative estimate of drug-likeness (QED) is 0.575. The summed E-state index contributed by atoms with van der Waals surface area (Å²) >= 11 is 0. The zero-order valence-electron chi connectivity index (χ0n) is 14.4. The standard InChI is InChI=1S/C21H31NO/c1-3-20-12-11-19(18-21(20)4-2)10-8-16-23-17-9-15-22-13-6-5-7-14-22/h3-4,11-12,18H,1-2,5-10,13-17H2. The molecule has 2 heteroatoms. The molecule has 1 saturated heterocycles. The van der Waals surface area contributed by atoms with Gasteiger partial charge in [0.1, 0.15) is 0 Å². The van der Waals surface area contributed by atoms with Gasteiger partial charge in [0, 0.05) is 19.8 Å². The van der Waals surface area contributed by atoms with E-state index < -0.39 is 0 Å². The average Bonchev–Trinajstić information content (AvgIpc) is 2.61. The molecule has 1 heterocycles. The van der Waals surface area contributed by atoms with E-state index >= 15 is 0 Å². The molecule has 126 valence electrons. The third-order valence-corrected chi connectivity index (χ3v) is 4.56. The molecule has 0 aromatic heterocycles. The Hall–Kier alpha value is -1.38. The van der Waals surface area contributed by atoms with Gasteiger partial charge in [0.25, 0.3) is 0 Å². The third kappa shape index (κ3) is 6.32. The first-order valence-electron chi connectivity index (χ1n) is 9.01. The highest BCUT2D eigenvalue weighted by Gasteiger charge is 2.08. The van der Waals surface area contributed by atoms with Crippen LogP contribution in [0.3, 0.4) is 0 Å². The summed E-state index contributed by atoms with van der Waals surface area (Å²) in [6, 6.07) is 6.51. The summed E-state index contributed by atoms with van der Waals surface area (Å²) in [5, 5.41) is 0. The van der Waals surface area contributed by atoms with Crippen molar-refractivity contribution in [3.05, 3.63) is 48.0 Å². The number of piperidine rings is 1. The molecule has 0 amide bonds. The van der Waals surface area contributed by atoms with Crippen molar-refractivity contribution in [3.8, 4) is 0 Å². The van der Waals surface area contributed by atoms with Crippen molar-refractivity contribution in [2.24, 2.45) is 0 Å². The number of benzene rings is 1. The zero-order valence-corrected chi connectivity index (χ0v) is 14.4. The molecule has 1 aromatic carbocycles. The van der Waals surface area contributed by atoms with Gasteiger partial charge in [-0.15, -0.1) is 0 Å². The van der Waals surface area contributed by atoms with Crippen LogP contribution in [0.15, 0.2) is 31.4 Å². The fraction of sp³-hybridized carbons (Fsp3) is 0.524. The van der Waals surface area contributed by atoms with Crippen LogP contribution in [0, 0.1) is 0 Å². The van der Waals surface area contributed by atoms with Crippen LogP contribution in [0.2, 0.25) is 0 Å². The van der Waals surface area contributed by atoms with E-state index in [2.05, 4.69) is 36.3 Å². The molecular formula is C21H31NO. The lowest BCUT2D eigenvalue weighted by Gasteiger charge is -2.26. The summed E-state index contributed by atoms with van der Waals surface area (Å²) in [5.74, 6) is 0. The van der Waals surface area contributed by atoms with E-state index in [1.807, 2.05) is 12.2 Å². The number of rotatable bonds is 10. The van der Waals surface area contributed by atoms with E-state index in [0.717, 1.165) is 38.0 Å². The Labute approximate surface area is 141 Å². The third-order valence-electron chi connectivity index (χ3n) is 4.56. The molecule has 23 heavy (non-hydrogen) atoms. The highest BCUT2D eigenvalue weighted by molar-refractivity contribution is 5.64. The molecule has 1 fully saturated rings. The highest BCUT2D eigenvalue weighted by atomic mass is 16.5. The smallest absolute Gasteiger partial charge is 0.0478 e. The Balaban J connectivity index is 1.56. The van der Waals surface area contributed by atoms with Crippen LogP contribution in [-0.2, 0) is 11.2 Å². The van der Waals surface area contributed by atoms with Crippen molar-refractivity contribution in [1.29, 1.82) is 0 Å². The Kier molecular flexibility index (Phi) is 8.13. The van der Waals surface area contributed by atoms with Crippen molar-refractivity contribution in [2.45, 2.75) is 38.5 Å². The lowest BCUT2D eigenvalue weighted by molar-refractivity contribution is 0.115. The first kappa shape index (κ1) is 18.0. The summed E-state index contributed by atoms with van der Waals surface area (Å²) in [5.41, 5.74) is 3.67. The highest BCUT2D eigenvalue weighted by Crippen LogP contribution is 2.16. The van der Waals surface area contributed by atoms with Crippen molar-refractivity contribution in [3.63, 3.8) is 0 Å². The zero-order chi connectivity index (χ0) is 16.3. The summed E-state index contributed by atoms with van der Waals surface area (Å²) in [7, 11) is 0. The molecule has 0 spiro atoms. The molecule has 0 N–H and O–H groups in total. The number of nitrogens with zero attached hydrogens (tertiary/aromatic N) is 1. The minimum atomic E-state index is 0.854. The van der Waals surface area contributed by atoms with Gasteiger partial charge < -0.3 is 9.64 Å². The largest absolute Gasteiger partial charge is 0.381 e. The second-order valence-electron chi connectivity index (χ2n) is 6.34. The van der Waals surface area contributed by atoms with Gasteiger partial charge in [0.2, 0.25) is 0 Å². The minimum absolute atomic E-state index is 0.854. The van der Waals surface area contributed by atoms with E-state index in [1.165, 1.54) is 50.0 Å². The molecule has 0 radical (unpaired) electrons. The molecule has 1 aromatic rings. The first-order valence-corrected chi connectivity index (χ1v) is 9.01.